The minimum absolute atomic E-state index is 0.120. The maximum absolute atomic E-state index is 11.8. The Balaban J connectivity index is 2.09. The zero-order chi connectivity index (χ0) is 12.3. The van der Waals surface area contributed by atoms with Gasteiger partial charge in [0.25, 0.3) is 0 Å². The van der Waals surface area contributed by atoms with Crippen LogP contribution in [0.5, 0.6) is 0 Å². The number of nitrogens with one attached hydrogen (secondary N) is 1. The lowest BCUT2D eigenvalue weighted by Gasteiger charge is -2.04. The predicted octanol–water partition coefficient (Wildman–Crippen LogP) is 1.46. The molecule has 6 heteroatoms. The Morgan fingerprint density at radius 1 is 1.29 bits per heavy atom. The first kappa shape index (κ1) is 11.8. The highest BCUT2D eigenvalue weighted by Crippen LogP contribution is 2.08. The molecule has 0 unspecified atom stereocenters. The number of aryl methyl sites for hydroxylation is 1. The smallest absolute Gasteiger partial charge is 0.240 e. The summed E-state index contributed by atoms with van der Waals surface area (Å²) in [7, 11) is -3.48. The van der Waals surface area contributed by atoms with Crippen molar-refractivity contribution < 1.29 is 12.8 Å². The summed E-state index contributed by atoms with van der Waals surface area (Å²) < 4.78 is 31.1. The van der Waals surface area contributed by atoms with Crippen molar-refractivity contribution in [1.82, 2.24) is 9.71 Å². The highest BCUT2D eigenvalue weighted by Gasteiger charge is 2.13. The van der Waals surface area contributed by atoms with Gasteiger partial charge >= 0.3 is 0 Å². The first-order valence-corrected chi connectivity index (χ1v) is 6.52. The Hall–Kier alpha value is -1.66. The molecule has 0 aliphatic rings. The Kier molecular flexibility index (Phi) is 3.26. The normalized spacial score (nSPS) is 11.6. The van der Waals surface area contributed by atoms with Crippen molar-refractivity contribution >= 4 is 10.0 Å². The molecule has 0 radical (unpaired) electrons. The van der Waals surface area contributed by atoms with E-state index in [0.29, 0.717) is 11.6 Å². The Morgan fingerprint density at radius 3 is 2.59 bits per heavy atom. The number of aromatic nitrogens is 1. The first-order chi connectivity index (χ1) is 8.08. The van der Waals surface area contributed by atoms with Gasteiger partial charge in [-0.3, -0.25) is 0 Å². The number of benzene rings is 1. The Labute approximate surface area is 99.5 Å². The summed E-state index contributed by atoms with van der Waals surface area (Å²) in [6, 6.07) is 8.19. The van der Waals surface area contributed by atoms with Crippen molar-refractivity contribution in [3.63, 3.8) is 0 Å². The van der Waals surface area contributed by atoms with E-state index in [9.17, 15) is 8.42 Å². The fraction of sp³-hybridized carbons (Fsp3) is 0.182. The van der Waals surface area contributed by atoms with Crippen LogP contribution in [0.15, 0.2) is 45.9 Å². The highest BCUT2D eigenvalue weighted by molar-refractivity contribution is 7.89. The van der Waals surface area contributed by atoms with E-state index in [1.54, 1.807) is 25.1 Å². The number of nitrogens with zero attached hydrogens (tertiary/aromatic N) is 1. The lowest BCUT2D eigenvalue weighted by atomic mass is 10.4. The van der Waals surface area contributed by atoms with E-state index in [1.165, 1.54) is 18.4 Å². The molecule has 0 aliphatic carbocycles. The van der Waals surface area contributed by atoms with Gasteiger partial charge in [-0.05, 0) is 12.1 Å². The lowest BCUT2D eigenvalue weighted by molar-refractivity contribution is 0.520. The Bertz CT molecular complexity index is 590. The van der Waals surface area contributed by atoms with E-state index >= 15 is 0 Å². The average Bonchev–Trinajstić information content (AvgIpc) is 2.74. The van der Waals surface area contributed by atoms with Crippen LogP contribution in [0, 0.1) is 6.92 Å². The van der Waals surface area contributed by atoms with Crippen LogP contribution in [0.2, 0.25) is 0 Å². The third kappa shape index (κ3) is 2.92. The van der Waals surface area contributed by atoms with Gasteiger partial charge in [-0.25, -0.2) is 18.1 Å². The molecule has 1 N–H and O–H groups in total. The molecule has 17 heavy (non-hydrogen) atoms. The van der Waals surface area contributed by atoms with Crippen LogP contribution in [0.3, 0.4) is 0 Å². The van der Waals surface area contributed by atoms with E-state index < -0.39 is 10.0 Å². The van der Waals surface area contributed by atoms with E-state index in [1.807, 2.05) is 0 Å². The van der Waals surface area contributed by atoms with E-state index in [-0.39, 0.29) is 11.4 Å². The molecular formula is C11H12N2O3S. The van der Waals surface area contributed by atoms with Gasteiger partial charge in [0.2, 0.25) is 10.0 Å². The van der Waals surface area contributed by atoms with Gasteiger partial charge in [0.15, 0.2) is 5.89 Å². The van der Waals surface area contributed by atoms with Gasteiger partial charge < -0.3 is 4.42 Å². The average molecular weight is 252 g/mol. The molecule has 0 amide bonds. The zero-order valence-corrected chi connectivity index (χ0v) is 10.1. The minimum Gasteiger partial charge on any atom is -0.449 e. The second-order valence-electron chi connectivity index (χ2n) is 3.50. The number of rotatable bonds is 4. The van der Waals surface area contributed by atoms with Crippen LogP contribution < -0.4 is 4.72 Å². The van der Waals surface area contributed by atoms with Crippen LogP contribution in [-0.4, -0.2) is 13.4 Å². The molecule has 5 nitrogen and oxygen atoms in total. The second kappa shape index (κ2) is 4.68. The van der Waals surface area contributed by atoms with Crippen LogP contribution in [0.4, 0.5) is 0 Å². The van der Waals surface area contributed by atoms with Gasteiger partial charge in [-0.2, -0.15) is 0 Å². The summed E-state index contributed by atoms with van der Waals surface area (Å²) >= 11 is 0. The quantitative estimate of drug-likeness (QED) is 0.894. The standard InChI is InChI=1S/C11H12N2O3S/c1-9-13-10(8-16-9)7-12-17(14,15)11-5-3-2-4-6-11/h2-6,8,12H,7H2,1H3. The molecule has 0 saturated heterocycles. The van der Waals surface area contributed by atoms with Gasteiger partial charge in [0, 0.05) is 6.92 Å². The van der Waals surface area contributed by atoms with Crippen LogP contribution in [0.25, 0.3) is 0 Å². The Morgan fingerprint density at radius 2 is 2.00 bits per heavy atom. The van der Waals surface area contributed by atoms with Crippen molar-refractivity contribution in [1.29, 1.82) is 0 Å². The van der Waals surface area contributed by atoms with E-state index in [4.69, 9.17) is 4.42 Å². The first-order valence-electron chi connectivity index (χ1n) is 5.04. The fourth-order valence-corrected chi connectivity index (χ4v) is 2.36. The van der Waals surface area contributed by atoms with Crippen molar-refractivity contribution in [2.24, 2.45) is 0 Å². The molecule has 2 aromatic rings. The molecule has 0 fully saturated rings. The van der Waals surface area contributed by atoms with Crippen molar-refractivity contribution in [2.45, 2.75) is 18.4 Å². The summed E-state index contributed by atoms with van der Waals surface area (Å²) in [6.45, 7) is 1.82. The molecule has 0 aliphatic heterocycles. The maximum Gasteiger partial charge on any atom is 0.240 e. The zero-order valence-electron chi connectivity index (χ0n) is 9.25. The molecule has 0 saturated carbocycles. The molecule has 0 bridgehead atoms. The van der Waals surface area contributed by atoms with Gasteiger partial charge in [0.1, 0.15) is 6.26 Å². The predicted molar refractivity (Wildman–Crippen MR) is 61.7 cm³/mol. The molecule has 2 rings (SSSR count). The number of hydrogen-bond acceptors (Lipinski definition) is 4. The monoisotopic (exact) mass is 252 g/mol. The molecule has 1 aromatic heterocycles. The second-order valence-corrected chi connectivity index (χ2v) is 5.26. The van der Waals surface area contributed by atoms with E-state index in [2.05, 4.69) is 9.71 Å². The van der Waals surface area contributed by atoms with Crippen LogP contribution >= 0.6 is 0 Å². The largest absolute Gasteiger partial charge is 0.449 e. The molecule has 1 heterocycles. The van der Waals surface area contributed by atoms with Gasteiger partial charge in [-0.1, -0.05) is 18.2 Å². The highest BCUT2D eigenvalue weighted by atomic mass is 32.2. The maximum atomic E-state index is 11.8. The summed E-state index contributed by atoms with van der Waals surface area (Å²) in [5.41, 5.74) is 0.557. The molecular weight excluding hydrogens is 240 g/mol. The fourth-order valence-electron chi connectivity index (χ4n) is 1.34. The third-order valence-electron chi connectivity index (χ3n) is 2.16. The third-order valence-corrected chi connectivity index (χ3v) is 3.58. The van der Waals surface area contributed by atoms with Crippen LogP contribution in [0.1, 0.15) is 11.6 Å². The molecule has 0 spiro atoms. The SMILES string of the molecule is Cc1nc(CNS(=O)(=O)c2ccccc2)co1. The van der Waals surface area contributed by atoms with Crippen LogP contribution in [-0.2, 0) is 16.6 Å². The van der Waals surface area contributed by atoms with E-state index in [0.717, 1.165) is 0 Å². The summed E-state index contributed by atoms with van der Waals surface area (Å²) in [4.78, 5) is 4.25. The number of hydrogen-bond donors (Lipinski definition) is 1. The van der Waals surface area contributed by atoms with Gasteiger partial charge in [0.05, 0.1) is 17.1 Å². The lowest BCUT2D eigenvalue weighted by Crippen LogP contribution is -2.23. The summed E-state index contributed by atoms with van der Waals surface area (Å²) in [6.07, 6.45) is 1.43. The van der Waals surface area contributed by atoms with Gasteiger partial charge in [-0.15, -0.1) is 0 Å². The van der Waals surface area contributed by atoms with Crippen molar-refractivity contribution in [3.05, 3.63) is 48.2 Å². The molecule has 0 atom stereocenters. The van der Waals surface area contributed by atoms with Crippen molar-refractivity contribution in [2.75, 3.05) is 0 Å². The summed E-state index contributed by atoms with van der Waals surface area (Å²) in [5, 5.41) is 0. The number of sulfonamides is 1. The minimum atomic E-state index is -3.48. The molecule has 90 valence electrons. The number of oxazole rings is 1. The topological polar surface area (TPSA) is 72.2 Å². The van der Waals surface area contributed by atoms with Crippen molar-refractivity contribution in [3.8, 4) is 0 Å². The molecule has 1 aromatic carbocycles. The summed E-state index contributed by atoms with van der Waals surface area (Å²) in [5.74, 6) is 0.513.